The lowest BCUT2D eigenvalue weighted by molar-refractivity contribution is -0.115. The average Bonchev–Trinajstić information content (AvgIpc) is 2.15. The first kappa shape index (κ1) is 12.0. The maximum absolute atomic E-state index is 11.0. The second-order valence-electron chi connectivity index (χ2n) is 2.74. The first-order valence-corrected chi connectivity index (χ1v) is 5.06. The number of benzene rings is 1. The lowest BCUT2D eigenvalue weighted by Crippen LogP contribution is -2.19. The number of aromatic carboxylic acids is 1. The molecule has 0 unspecified atom stereocenters. The molecule has 0 aliphatic rings. The van der Waals surface area contributed by atoms with E-state index in [1.54, 1.807) is 12.1 Å². The van der Waals surface area contributed by atoms with Crippen molar-refractivity contribution >= 4 is 45.3 Å². The molecule has 0 bridgehead atoms. The van der Waals surface area contributed by atoms with Crippen LogP contribution in [0.3, 0.4) is 0 Å². The third-order valence-corrected chi connectivity index (χ3v) is 2.77. The highest BCUT2D eigenvalue weighted by Gasteiger charge is 2.19. The van der Waals surface area contributed by atoms with Gasteiger partial charge >= 0.3 is 5.97 Å². The van der Waals surface area contributed by atoms with Crippen molar-refractivity contribution in [1.29, 1.82) is 0 Å². The SMILES string of the molecule is CC(=O)N(Cl)c1cccc(Br)c1C(=O)O. The molecular formula is C9H7BrClNO3. The Morgan fingerprint density at radius 1 is 1.47 bits per heavy atom. The van der Waals surface area contributed by atoms with E-state index in [-0.39, 0.29) is 11.3 Å². The van der Waals surface area contributed by atoms with E-state index in [2.05, 4.69) is 15.9 Å². The molecule has 0 spiro atoms. The second-order valence-corrected chi connectivity index (χ2v) is 3.93. The van der Waals surface area contributed by atoms with E-state index >= 15 is 0 Å². The molecule has 1 amide bonds. The molecule has 1 aromatic carbocycles. The van der Waals surface area contributed by atoms with E-state index in [0.717, 1.165) is 4.42 Å². The highest BCUT2D eigenvalue weighted by Crippen LogP contribution is 2.29. The molecule has 1 rings (SSSR count). The number of amides is 1. The van der Waals surface area contributed by atoms with Gasteiger partial charge in [0.05, 0.1) is 11.3 Å². The van der Waals surface area contributed by atoms with E-state index in [4.69, 9.17) is 16.9 Å². The minimum absolute atomic E-state index is 0.0392. The summed E-state index contributed by atoms with van der Waals surface area (Å²) in [5.74, 6) is -1.60. The smallest absolute Gasteiger partial charge is 0.339 e. The fraction of sp³-hybridized carbons (Fsp3) is 0.111. The quantitative estimate of drug-likeness (QED) is 0.853. The summed E-state index contributed by atoms with van der Waals surface area (Å²) in [7, 11) is 0. The number of carboxylic acids is 1. The third-order valence-electron chi connectivity index (χ3n) is 1.69. The van der Waals surface area contributed by atoms with Gasteiger partial charge in [0.15, 0.2) is 0 Å². The highest BCUT2D eigenvalue weighted by molar-refractivity contribution is 9.10. The van der Waals surface area contributed by atoms with Crippen LogP contribution in [-0.2, 0) is 4.79 Å². The Hall–Kier alpha value is -1.07. The average molecular weight is 293 g/mol. The summed E-state index contributed by atoms with van der Waals surface area (Å²) >= 11 is 8.75. The second kappa shape index (κ2) is 4.63. The number of carboxylic acid groups (broad SMARTS) is 1. The molecule has 0 heterocycles. The van der Waals surface area contributed by atoms with Gasteiger partial charge in [-0.15, -0.1) is 0 Å². The van der Waals surface area contributed by atoms with Crippen LogP contribution < -0.4 is 4.42 Å². The maximum Gasteiger partial charge on any atom is 0.339 e. The predicted molar refractivity (Wildman–Crippen MR) is 60.1 cm³/mol. The first-order chi connectivity index (χ1) is 6.95. The van der Waals surface area contributed by atoms with E-state index in [0.29, 0.717) is 4.47 Å². The molecule has 6 heteroatoms. The number of nitrogens with zero attached hydrogens (tertiary/aromatic N) is 1. The molecule has 0 saturated carbocycles. The molecule has 15 heavy (non-hydrogen) atoms. The van der Waals surface area contributed by atoms with Crippen LogP contribution in [0.25, 0.3) is 0 Å². The van der Waals surface area contributed by atoms with Gasteiger partial charge in [0.2, 0.25) is 5.91 Å². The van der Waals surface area contributed by atoms with Crippen molar-refractivity contribution in [1.82, 2.24) is 0 Å². The summed E-state index contributed by atoms with van der Waals surface area (Å²) in [4.78, 5) is 22.0. The van der Waals surface area contributed by atoms with Gasteiger partial charge in [-0.25, -0.2) is 9.21 Å². The fourth-order valence-electron chi connectivity index (χ4n) is 1.06. The fourth-order valence-corrected chi connectivity index (χ4v) is 1.72. The third kappa shape index (κ3) is 2.49. The van der Waals surface area contributed by atoms with Gasteiger partial charge in [0.25, 0.3) is 0 Å². The predicted octanol–water partition coefficient (Wildman–Crippen LogP) is 2.65. The van der Waals surface area contributed by atoms with Crippen molar-refractivity contribution in [2.45, 2.75) is 6.92 Å². The van der Waals surface area contributed by atoms with Crippen molar-refractivity contribution in [2.24, 2.45) is 0 Å². The van der Waals surface area contributed by atoms with Crippen molar-refractivity contribution < 1.29 is 14.7 Å². The van der Waals surface area contributed by atoms with Crippen LogP contribution >= 0.6 is 27.7 Å². The molecule has 1 aromatic rings. The van der Waals surface area contributed by atoms with Crippen molar-refractivity contribution in [3.63, 3.8) is 0 Å². The Kier molecular flexibility index (Phi) is 3.71. The molecule has 4 nitrogen and oxygen atoms in total. The molecule has 0 aliphatic carbocycles. The molecule has 0 saturated heterocycles. The summed E-state index contributed by atoms with van der Waals surface area (Å²) in [5.41, 5.74) is 0.105. The van der Waals surface area contributed by atoms with Gasteiger partial charge in [0.1, 0.15) is 0 Å². The number of carbonyl (C=O) groups is 2. The summed E-state index contributed by atoms with van der Waals surface area (Å²) in [6, 6.07) is 4.63. The van der Waals surface area contributed by atoms with Gasteiger partial charge in [-0.05, 0) is 28.1 Å². The topological polar surface area (TPSA) is 57.6 Å². The number of carbonyl (C=O) groups excluding carboxylic acids is 1. The molecule has 1 N–H and O–H groups in total. The summed E-state index contributed by atoms with van der Waals surface area (Å²) < 4.78 is 1.15. The van der Waals surface area contributed by atoms with Gasteiger partial charge < -0.3 is 5.11 Å². The number of hydrogen-bond acceptors (Lipinski definition) is 2. The lowest BCUT2D eigenvalue weighted by atomic mass is 10.2. The summed E-state index contributed by atoms with van der Waals surface area (Å²) in [6.07, 6.45) is 0. The molecule has 0 fully saturated rings. The van der Waals surface area contributed by atoms with E-state index in [9.17, 15) is 9.59 Å². The van der Waals surface area contributed by atoms with Crippen LogP contribution in [-0.4, -0.2) is 17.0 Å². The Bertz CT molecular complexity index is 422. The van der Waals surface area contributed by atoms with Crippen molar-refractivity contribution in [3.8, 4) is 0 Å². The molecule has 0 aromatic heterocycles. The van der Waals surface area contributed by atoms with E-state index in [1.807, 2.05) is 0 Å². The van der Waals surface area contributed by atoms with Crippen molar-refractivity contribution in [2.75, 3.05) is 4.42 Å². The van der Waals surface area contributed by atoms with Crippen LogP contribution in [0.1, 0.15) is 17.3 Å². The Morgan fingerprint density at radius 3 is 2.53 bits per heavy atom. The number of halogens is 2. The van der Waals surface area contributed by atoms with Crippen LogP contribution in [0.15, 0.2) is 22.7 Å². The largest absolute Gasteiger partial charge is 0.478 e. The summed E-state index contributed by atoms with van der Waals surface area (Å²) in [6.45, 7) is 1.25. The summed E-state index contributed by atoms with van der Waals surface area (Å²) in [5, 5.41) is 8.95. The Morgan fingerprint density at radius 2 is 2.07 bits per heavy atom. The van der Waals surface area contributed by atoms with Gasteiger partial charge in [-0.2, -0.15) is 0 Å². The normalized spacial score (nSPS) is 9.80. The van der Waals surface area contributed by atoms with Crippen LogP contribution in [0, 0.1) is 0 Å². The zero-order valence-electron chi connectivity index (χ0n) is 7.70. The van der Waals surface area contributed by atoms with E-state index < -0.39 is 11.9 Å². The van der Waals surface area contributed by atoms with Gasteiger partial charge in [-0.1, -0.05) is 6.07 Å². The van der Waals surface area contributed by atoms with Crippen molar-refractivity contribution in [3.05, 3.63) is 28.2 Å². The van der Waals surface area contributed by atoms with E-state index in [1.165, 1.54) is 13.0 Å². The minimum Gasteiger partial charge on any atom is -0.478 e. The number of rotatable bonds is 2. The maximum atomic E-state index is 11.0. The zero-order chi connectivity index (χ0) is 11.6. The van der Waals surface area contributed by atoms with Crippen LogP contribution in [0.4, 0.5) is 5.69 Å². The minimum atomic E-state index is -1.15. The highest BCUT2D eigenvalue weighted by atomic mass is 79.9. The number of anilines is 1. The van der Waals surface area contributed by atoms with Gasteiger partial charge in [-0.3, -0.25) is 4.79 Å². The zero-order valence-corrected chi connectivity index (χ0v) is 10.0. The molecule has 80 valence electrons. The van der Waals surface area contributed by atoms with Crippen LogP contribution in [0.2, 0.25) is 0 Å². The molecule has 0 atom stereocenters. The van der Waals surface area contributed by atoms with Gasteiger partial charge in [0, 0.05) is 23.2 Å². The molecule has 0 aliphatic heterocycles. The molecule has 0 radical (unpaired) electrons. The Balaban J connectivity index is 3.35. The lowest BCUT2D eigenvalue weighted by Gasteiger charge is -2.14. The van der Waals surface area contributed by atoms with Crippen LogP contribution in [0.5, 0.6) is 0 Å². The molecular weight excluding hydrogens is 285 g/mol. The standard InChI is InChI=1S/C9H7BrClNO3/c1-5(13)12(11)7-4-2-3-6(10)8(7)9(14)15/h2-4H,1H3,(H,14,15). The first-order valence-electron chi connectivity index (χ1n) is 3.93. The Labute approximate surface area is 99.7 Å². The number of hydrogen-bond donors (Lipinski definition) is 1. The monoisotopic (exact) mass is 291 g/mol.